The first-order valence-electron chi connectivity index (χ1n) is 8.33. The third kappa shape index (κ3) is 4.24. The lowest BCUT2D eigenvalue weighted by atomic mass is 10.0. The molecule has 0 saturated carbocycles. The molecule has 0 spiro atoms. The highest BCUT2D eigenvalue weighted by Crippen LogP contribution is 2.37. The molecular formula is C20H26Cl2N2. The number of benzene rings is 2. The van der Waals surface area contributed by atoms with Crippen LogP contribution in [0.15, 0.2) is 42.5 Å². The molecule has 0 amide bonds. The highest BCUT2D eigenvalue weighted by Gasteiger charge is 2.22. The molecule has 1 aliphatic rings. The lowest BCUT2D eigenvalue weighted by Gasteiger charge is -2.31. The summed E-state index contributed by atoms with van der Waals surface area (Å²) >= 11 is 6.31. The molecule has 0 bridgehead atoms. The molecule has 24 heavy (non-hydrogen) atoms. The molecule has 130 valence electrons. The number of nitrogens with zero attached hydrogens (tertiary/aromatic N) is 2. The highest BCUT2D eigenvalue weighted by atomic mass is 35.5. The number of fused-ring (bicyclic) bond motifs is 2. The van der Waals surface area contributed by atoms with Crippen molar-refractivity contribution < 1.29 is 0 Å². The van der Waals surface area contributed by atoms with Gasteiger partial charge in [0.05, 0.1) is 0 Å². The Morgan fingerprint density at radius 1 is 1.04 bits per heavy atom. The van der Waals surface area contributed by atoms with Gasteiger partial charge in [-0.3, -0.25) is 0 Å². The minimum atomic E-state index is 0. The molecule has 2 aromatic rings. The molecule has 0 N–H and O–H groups in total. The van der Waals surface area contributed by atoms with Crippen LogP contribution < -0.4 is 4.90 Å². The van der Waals surface area contributed by atoms with E-state index in [1.165, 1.54) is 22.5 Å². The van der Waals surface area contributed by atoms with Crippen LogP contribution in [0.25, 0.3) is 0 Å². The number of para-hydroxylation sites is 1. The third-order valence-corrected chi connectivity index (χ3v) is 4.69. The minimum absolute atomic E-state index is 0. The fraction of sp³-hybridized carbons (Fsp3) is 0.400. The van der Waals surface area contributed by atoms with Crippen LogP contribution in [0.4, 0.5) is 11.4 Å². The fourth-order valence-corrected chi connectivity index (χ4v) is 3.74. The predicted octanol–water partition coefficient (Wildman–Crippen LogP) is 5.20. The Balaban J connectivity index is 0.00000208. The number of anilines is 2. The molecule has 3 rings (SSSR count). The van der Waals surface area contributed by atoms with Gasteiger partial charge in [0.2, 0.25) is 0 Å². The van der Waals surface area contributed by atoms with Crippen molar-refractivity contribution >= 4 is 35.4 Å². The quantitative estimate of drug-likeness (QED) is 0.735. The number of rotatable bonds is 4. The Morgan fingerprint density at radius 3 is 2.42 bits per heavy atom. The van der Waals surface area contributed by atoms with E-state index in [0.29, 0.717) is 5.92 Å². The summed E-state index contributed by atoms with van der Waals surface area (Å²) in [7, 11) is 4.27. The first-order chi connectivity index (χ1) is 11.0. The summed E-state index contributed by atoms with van der Waals surface area (Å²) in [6, 6.07) is 15.1. The Morgan fingerprint density at radius 2 is 1.71 bits per heavy atom. The molecule has 1 unspecified atom stereocenters. The van der Waals surface area contributed by atoms with Crippen LogP contribution in [0.3, 0.4) is 0 Å². The van der Waals surface area contributed by atoms with Crippen molar-refractivity contribution in [3.8, 4) is 0 Å². The van der Waals surface area contributed by atoms with Crippen LogP contribution >= 0.6 is 24.0 Å². The number of aryl methyl sites for hydroxylation is 2. The summed E-state index contributed by atoms with van der Waals surface area (Å²) in [6.07, 6.45) is 2.16. The summed E-state index contributed by atoms with van der Waals surface area (Å²) in [5.41, 5.74) is 5.42. The molecule has 0 saturated heterocycles. The van der Waals surface area contributed by atoms with Crippen LogP contribution in [0, 0.1) is 5.92 Å². The fourth-order valence-electron chi connectivity index (χ4n) is 3.57. The van der Waals surface area contributed by atoms with Gasteiger partial charge in [0.1, 0.15) is 0 Å². The summed E-state index contributed by atoms with van der Waals surface area (Å²) < 4.78 is 0. The van der Waals surface area contributed by atoms with Gasteiger partial charge < -0.3 is 9.80 Å². The van der Waals surface area contributed by atoms with Gasteiger partial charge in [0.25, 0.3) is 0 Å². The average molecular weight is 365 g/mol. The number of halogens is 2. The standard InChI is InChI=1S/C20H25ClN2.ClH/c1-15(13-22(2)3)14-23-19-7-5-4-6-16(19)8-9-17-10-11-18(21)12-20(17)23;/h4-7,10-12,15H,8-9,13-14H2,1-3H3;1H. The van der Waals surface area contributed by atoms with E-state index < -0.39 is 0 Å². The summed E-state index contributed by atoms with van der Waals surface area (Å²) in [6.45, 7) is 4.40. The zero-order valence-corrected chi connectivity index (χ0v) is 16.2. The third-order valence-electron chi connectivity index (χ3n) is 4.46. The van der Waals surface area contributed by atoms with E-state index in [1.807, 2.05) is 6.07 Å². The molecule has 1 atom stereocenters. The van der Waals surface area contributed by atoms with Crippen LogP contribution in [-0.4, -0.2) is 32.1 Å². The first-order valence-corrected chi connectivity index (χ1v) is 8.71. The Bertz CT molecular complexity index is 685. The smallest absolute Gasteiger partial charge is 0.0458 e. The Kier molecular flexibility index (Phi) is 6.56. The molecule has 0 radical (unpaired) electrons. The lowest BCUT2D eigenvalue weighted by molar-refractivity contribution is 0.343. The lowest BCUT2D eigenvalue weighted by Crippen LogP contribution is -2.30. The monoisotopic (exact) mass is 364 g/mol. The van der Waals surface area contributed by atoms with Gasteiger partial charge in [-0.25, -0.2) is 0 Å². The van der Waals surface area contributed by atoms with Crippen LogP contribution in [0.1, 0.15) is 18.1 Å². The maximum Gasteiger partial charge on any atom is 0.0458 e. The zero-order valence-electron chi connectivity index (χ0n) is 14.6. The second kappa shape index (κ2) is 8.24. The zero-order chi connectivity index (χ0) is 16.4. The van der Waals surface area contributed by atoms with E-state index in [1.54, 1.807) is 0 Å². The largest absolute Gasteiger partial charge is 0.341 e. The minimum Gasteiger partial charge on any atom is -0.341 e. The van der Waals surface area contributed by atoms with Crippen molar-refractivity contribution in [1.29, 1.82) is 0 Å². The molecular weight excluding hydrogens is 339 g/mol. The van der Waals surface area contributed by atoms with E-state index in [-0.39, 0.29) is 12.4 Å². The van der Waals surface area contributed by atoms with Crippen molar-refractivity contribution in [3.63, 3.8) is 0 Å². The van der Waals surface area contributed by atoms with Crippen LogP contribution in [0.5, 0.6) is 0 Å². The van der Waals surface area contributed by atoms with Gasteiger partial charge in [-0.05, 0) is 62.2 Å². The normalized spacial score (nSPS) is 14.5. The maximum atomic E-state index is 6.31. The van der Waals surface area contributed by atoms with E-state index in [4.69, 9.17) is 11.6 Å². The molecule has 0 aromatic heterocycles. The van der Waals surface area contributed by atoms with Gasteiger partial charge in [-0.15, -0.1) is 12.4 Å². The SMILES string of the molecule is CC(CN(C)C)CN1c2ccccc2CCc2ccc(Cl)cc21.Cl. The first kappa shape index (κ1) is 19.1. The van der Waals surface area contributed by atoms with Crippen molar-refractivity contribution in [2.24, 2.45) is 5.92 Å². The molecule has 4 heteroatoms. The van der Waals surface area contributed by atoms with Crippen molar-refractivity contribution in [3.05, 3.63) is 58.6 Å². The molecule has 2 nitrogen and oxygen atoms in total. The summed E-state index contributed by atoms with van der Waals surface area (Å²) in [5.74, 6) is 0.572. The summed E-state index contributed by atoms with van der Waals surface area (Å²) in [5, 5.41) is 0.813. The van der Waals surface area contributed by atoms with E-state index >= 15 is 0 Å². The Hall–Kier alpha value is -1.22. The maximum absolute atomic E-state index is 6.31. The molecule has 1 heterocycles. The predicted molar refractivity (Wildman–Crippen MR) is 107 cm³/mol. The van der Waals surface area contributed by atoms with Crippen molar-refractivity contribution in [2.45, 2.75) is 19.8 Å². The van der Waals surface area contributed by atoms with Gasteiger partial charge in [0.15, 0.2) is 0 Å². The second-order valence-corrected chi connectivity index (χ2v) is 7.32. The van der Waals surface area contributed by atoms with Gasteiger partial charge in [-0.1, -0.05) is 42.8 Å². The van der Waals surface area contributed by atoms with E-state index in [0.717, 1.165) is 31.0 Å². The van der Waals surface area contributed by atoms with Crippen molar-refractivity contribution in [2.75, 3.05) is 32.1 Å². The second-order valence-electron chi connectivity index (χ2n) is 6.88. The van der Waals surface area contributed by atoms with Gasteiger partial charge in [0, 0.05) is 29.5 Å². The van der Waals surface area contributed by atoms with Crippen LogP contribution in [0.2, 0.25) is 5.02 Å². The van der Waals surface area contributed by atoms with Gasteiger partial charge >= 0.3 is 0 Å². The van der Waals surface area contributed by atoms with Gasteiger partial charge in [-0.2, -0.15) is 0 Å². The highest BCUT2D eigenvalue weighted by molar-refractivity contribution is 6.30. The Labute approximate surface area is 156 Å². The molecule has 1 aliphatic heterocycles. The van der Waals surface area contributed by atoms with E-state index in [2.05, 4.69) is 67.2 Å². The topological polar surface area (TPSA) is 6.48 Å². The summed E-state index contributed by atoms with van der Waals surface area (Å²) in [4.78, 5) is 4.73. The average Bonchev–Trinajstić information content (AvgIpc) is 2.65. The number of hydrogen-bond donors (Lipinski definition) is 0. The molecule has 2 aromatic carbocycles. The van der Waals surface area contributed by atoms with E-state index in [9.17, 15) is 0 Å². The molecule has 0 aliphatic carbocycles. The van der Waals surface area contributed by atoms with Crippen LogP contribution in [-0.2, 0) is 12.8 Å². The number of hydrogen-bond acceptors (Lipinski definition) is 2. The van der Waals surface area contributed by atoms with Crippen molar-refractivity contribution in [1.82, 2.24) is 4.90 Å². The molecule has 0 fully saturated rings.